The van der Waals surface area contributed by atoms with Crippen molar-refractivity contribution < 1.29 is 0 Å². The number of hydrogen-bond acceptors (Lipinski definition) is 1. The van der Waals surface area contributed by atoms with Crippen LogP contribution in [0.15, 0.2) is 103 Å². The lowest BCUT2D eigenvalue weighted by molar-refractivity contribution is 0.739. The van der Waals surface area contributed by atoms with Crippen molar-refractivity contribution in [1.29, 1.82) is 0 Å². The van der Waals surface area contributed by atoms with Gasteiger partial charge in [-0.3, -0.25) is 4.99 Å². The SMILES string of the molecule is C=CC[C@H](N=C(c1ccccc1)c1ccccc1)c1ccccc1C. The quantitative estimate of drug-likeness (QED) is 0.381. The predicted molar refractivity (Wildman–Crippen MR) is 107 cm³/mol. The summed E-state index contributed by atoms with van der Waals surface area (Å²) < 4.78 is 0. The summed E-state index contributed by atoms with van der Waals surface area (Å²) in [4.78, 5) is 5.18. The van der Waals surface area contributed by atoms with Gasteiger partial charge in [0.15, 0.2) is 0 Å². The van der Waals surface area contributed by atoms with Crippen LogP contribution >= 0.6 is 0 Å². The van der Waals surface area contributed by atoms with E-state index in [2.05, 4.69) is 86.3 Å². The van der Waals surface area contributed by atoms with Gasteiger partial charge >= 0.3 is 0 Å². The zero-order valence-corrected chi connectivity index (χ0v) is 14.6. The van der Waals surface area contributed by atoms with Gasteiger partial charge in [0.1, 0.15) is 0 Å². The van der Waals surface area contributed by atoms with Crippen molar-refractivity contribution in [2.75, 3.05) is 0 Å². The van der Waals surface area contributed by atoms with Gasteiger partial charge < -0.3 is 0 Å². The number of benzene rings is 3. The van der Waals surface area contributed by atoms with Crippen molar-refractivity contribution in [2.24, 2.45) is 4.99 Å². The van der Waals surface area contributed by atoms with Gasteiger partial charge in [-0.1, -0.05) is 91.0 Å². The molecule has 0 fully saturated rings. The van der Waals surface area contributed by atoms with Gasteiger partial charge in [0.05, 0.1) is 11.8 Å². The number of rotatable bonds is 6. The molecule has 0 aliphatic carbocycles. The first-order chi connectivity index (χ1) is 12.3. The second-order valence-corrected chi connectivity index (χ2v) is 6.11. The Balaban J connectivity index is 2.13. The van der Waals surface area contributed by atoms with E-state index < -0.39 is 0 Å². The number of aliphatic imine (C=N–C) groups is 1. The van der Waals surface area contributed by atoms with Crippen LogP contribution in [-0.4, -0.2) is 5.71 Å². The first kappa shape index (κ1) is 16.9. The maximum atomic E-state index is 5.18. The fourth-order valence-corrected chi connectivity index (χ4v) is 3.03. The third kappa shape index (κ3) is 4.13. The molecule has 0 heterocycles. The Morgan fingerprint density at radius 1 is 0.840 bits per heavy atom. The highest BCUT2D eigenvalue weighted by atomic mass is 14.8. The van der Waals surface area contributed by atoms with Gasteiger partial charge in [0, 0.05) is 11.1 Å². The van der Waals surface area contributed by atoms with E-state index >= 15 is 0 Å². The lowest BCUT2D eigenvalue weighted by atomic mass is 9.97. The van der Waals surface area contributed by atoms with Crippen molar-refractivity contribution in [3.8, 4) is 0 Å². The maximum absolute atomic E-state index is 5.18. The molecule has 0 amide bonds. The summed E-state index contributed by atoms with van der Waals surface area (Å²) in [6.45, 7) is 6.08. The number of nitrogens with zero attached hydrogens (tertiary/aromatic N) is 1. The van der Waals surface area contributed by atoms with E-state index in [0.29, 0.717) is 0 Å². The fourth-order valence-electron chi connectivity index (χ4n) is 3.03. The smallest absolute Gasteiger partial charge is 0.0793 e. The molecule has 0 saturated heterocycles. The molecule has 25 heavy (non-hydrogen) atoms. The monoisotopic (exact) mass is 325 g/mol. The van der Waals surface area contributed by atoms with Crippen LogP contribution in [0.3, 0.4) is 0 Å². The van der Waals surface area contributed by atoms with Gasteiger partial charge in [0.25, 0.3) is 0 Å². The molecule has 0 bridgehead atoms. The van der Waals surface area contributed by atoms with Gasteiger partial charge in [-0.15, -0.1) is 6.58 Å². The Hall–Kier alpha value is -2.93. The van der Waals surface area contributed by atoms with E-state index in [1.165, 1.54) is 11.1 Å². The third-order valence-electron chi connectivity index (χ3n) is 4.32. The van der Waals surface area contributed by atoms with Crippen molar-refractivity contribution >= 4 is 5.71 Å². The number of aryl methyl sites for hydroxylation is 1. The van der Waals surface area contributed by atoms with Gasteiger partial charge in [0.2, 0.25) is 0 Å². The Labute approximate surface area is 150 Å². The number of hydrogen-bond donors (Lipinski definition) is 0. The highest BCUT2D eigenvalue weighted by molar-refractivity contribution is 6.13. The van der Waals surface area contributed by atoms with Crippen LogP contribution < -0.4 is 0 Å². The normalized spacial score (nSPS) is 11.6. The van der Waals surface area contributed by atoms with E-state index in [1.807, 2.05) is 18.2 Å². The molecule has 0 radical (unpaired) electrons. The van der Waals surface area contributed by atoms with Crippen LogP contribution in [0.5, 0.6) is 0 Å². The molecule has 0 saturated carbocycles. The highest BCUT2D eigenvalue weighted by Crippen LogP contribution is 2.27. The molecule has 124 valence electrons. The molecule has 3 aromatic rings. The summed E-state index contributed by atoms with van der Waals surface area (Å²) in [5.41, 5.74) is 5.81. The minimum absolute atomic E-state index is 0.0640. The van der Waals surface area contributed by atoms with E-state index in [4.69, 9.17) is 4.99 Å². The average molecular weight is 325 g/mol. The van der Waals surface area contributed by atoms with Crippen LogP contribution in [0.1, 0.15) is 34.7 Å². The summed E-state index contributed by atoms with van der Waals surface area (Å²) in [6, 6.07) is 29.3. The average Bonchev–Trinajstić information content (AvgIpc) is 2.67. The molecule has 3 aromatic carbocycles. The second kappa shape index (κ2) is 8.25. The van der Waals surface area contributed by atoms with Crippen molar-refractivity contribution in [3.05, 3.63) is 120 Å². The fraction of sp³-hybridized carbons (Fsp3) is 0.125. The molecule has 0 unspecified atom stereocenters. The Morgan fingerprint density at radius 2 is 1.36 bits per heavy atom. The predicted octanol–water partition coefficient (Wildman–Crippen LogP) is 6.15. The molecule has 1 nitrogen and oxygen atoms in total. The van der Waals surface area contributed by atoms with Crippen LogP contribution in [0, 0.1) is 6.92 Å². The molecule has 3 rings (SSSR count). The molecule has 1 atom stereocenters. The first-order valence-electron chi connectivity index (χ1n) is 8.64. The molecule has 0 spiro atoms. The molecular weight excluding hydrogens is 302 g/mol. The van der Waals surface area contributed by atoms with Gasteiger partial charge in [-0.05, 0) is 24.5 Å². The Bertz CT molecular complexity index is 806. The largest absolute Gasteiger partial charge is 0.276 e. The summed E-state index contributed by atoms with van der Waals surface area (Å²) >= 11 is 0. The Kier molecular flexibility index (Phi) is 5.58. The summed E-state index contributed by atoms with van der Waals surface area (Å²) in [7, 11) is 0. The van der Waals surface area contributed by atoms with Crippen LogP contribution in [0.4, 0.5) is 0 Å². The van der Waals surface area contributed by atoms with Gasteiger partial charge in [-0.2, -0.15) is 0 Å². The molecule has 1 heteroatoms. The molecule has 0 aliphatic heterocycles. The Morgan fingerprint density at radius 3 is 1.88 bits per heavy atom. The maximum Gasteiger partial charge on any atom is 0.0793 e. The molecular formula is C24H23N. The minimum atomic E-state index is 0.0640. The summed E-state index contributed by atoms with van der Waals surface area (Å²) in [6.07, 6.45) is 2.77. The highest BCUT2D eigenvalue weighted by Gasteiger charge is 2.14. The third-order valence-corrected chi connectivity index (χ3v) is 4.32. The van der Waals surface area contributed by atoms with Crippen molar-refractivity contribution in [1.82, 2.24) is 0 Å². The van der Waals surface area contributed by atoms with Crippen molar-refractivity contribution in [3.63, 3.8) is 0 Å². The molecule has 0 N–H and O–H groups in total. The van der Waals surface area contributed by atoms with Crippen LogP contribution in [-0.2, 0) is 0 Å². The second-order valence-electron chi connectivity index (χ2n) is 6.11. The van der Waals surface area contributed by atoms with Crippen molar-refractivity contribution in [2.45, 2.75) is 19.4 Å². The van der Waals surface area contributed by atoms with E-state index in [-0.39, 0.29) is 6.04 Å². The lowest BCUT2D eigenvalue weighted by Crippen LogP contribution is -2.07. The van der Waals surface area contributed by atoms with E-state index in [1.54, 1.807) is 0 Å². The van der Waals surface area contributed by atoms with Crippen LogP contribution in [0.25, 0.3) is 0 Å². The topological polar surface area (TPSA) is 12.4 Å². The lowest BCUT2D eigenvalue weighted by Gasteiger charge is -2.17. The summed E-state index contributed by atoms with van der Waals surface area (Å²) in [5, 5.41) is 0. The zero-order valence-electron chi connectivity index (χ0n) is 14.6. The van der Waals surface area contributed by atoms with Gasteiger partial charge in [-0.25, -0.2) is 0 Å². The molecule has 0 aromatic heterocycles. The molecule has 0 aliphatic rings. The first-order valence-corrected chi connectivity index (χ1v) is 8.64. The summed E-state index contributed by atoms with van der Waals surface area (Å²) in [5.74, 6) is 0. The standard InChI is InChI=1S/C24H23N/c1-3-12-23(22-18-11-10-13-19(22)2)25-24(20-14-6-4-7-15-20)21-16-8-5-9-17-21/h3-11,13-18,23H,1,12H2,2H3/t23-/m0/s1. The zero-order chi connectivity index (χ0) is 17.5. The minimum Gasteiger partial charge on any atom is -0.276 e. The van der Waals surface area contributed by atoms with E-state index in [0.717, 1.165) is 23.3 Å². The van der Waals surface area contributed by atoms with E-state index in [9.17, 15) is 0 Å². The van der Waals surface area contributed by atoms with Crippen LogP contribution in [0.2, 0.25) is 0 Å².